The summed E-state index contributed by atoms with van der Waals surface area (Å²) in [5, 5.41) is 2.91. The highest BCUT2D eigenvalue weighted by Gasteiger charge is 2.59. The highest BCUT2D eigenvalue weighted by molar-refractivity contribution is 8.01. The smallest absolute Gasteiger partial charge is 0.308 e. The van der Waals surface area contributed by atoms with Gasteiger partial charge in [-0.05, 0) is 73.0 Å². The summed E-state index contributed by atoms with van der Waals surface area (Å²) in [5.41, 5.74) is 4.52. The van der Waals surface area contributed by atoms with Gasteiger partial charge in [-0.25, -0.2) is 13.6 Å². The minimum Gasteiger partial charge on any atom is -0.308 e. The molecule has 2 aliphatic heterocycles. The topological polar surface area (TPSA) is 52.7 Å². The lowest BCUT2D eigenvalue weighted by atomic mass is 10.1. The van der Waals surface area contributed by atoms with Crippen LogP contribution in [0.5, 0.6) is 0 Å². The summed E-state index contributed by atoms with van der Waals surface area (Å²) < 4.78 is 27.8. The van der Waals surface area contributed by atoms with Gasteiger partial charge in [0.15, 0.2) is 4.87 Å². The SMILES string of the molecule is Cc1ccc(NC(=O)N2CCS[C@@]23C(=O)N(Cc2ccc(F)cc2)c2ccc(F)cc23)cc1C. The van der Waals surface area contributed by atoms with Gasteiger partial charge in [-0.2, -0.15) is 0 Å². The van der Waals surface area contributed by atoms with E-state index >= 15 is 0 Å². The predicted molar refractivity (Wildman–Crippen MR) is 130 cm³/mol. The van der Waals surface area contributed by atoms with E-state index in [1.807, 2.05) is 32.0 Å². The van der Waals surface area contributed by atoms with E-state index in [-0.39, 0.29) is 18.3 Å². The molecule has 5 rings (SSSR count). The highest BCUT2D eigenvalue weighted by Crippen LogP contribution is 2.54. The summed E-state index contributed by atoms with van der Waals surface area (Å²) in [4.78, 5) is 29.0. The molecular formula is C26H23F2N3O2S. The van der Waals surface area contributed by atoms with E-state index in [2.05, 4.69) is 5.32 Å². The maximum absolute atomic E-state index is 14.4. The molecule has 3 amide bonds. The number of hydrogen-bond acceptors (Lipinski definition) is 3. The van der Waals surface area contributed by atoms with Crippen molar-refractivity contribution >= 4 is 35.1 Å². The van der Waals surface area contributed by atoms with Crippen LogP contribution < -0.4 is 10.2 Å². The van der Waals surface area contributed by atoms with E-state index in [9.17, 15) is 18.4 Å². The summed E-state index contributed by atoms with van der Waals surface area (Å²) in [5.74, 6) is -0.616. The molecule has 3 aromatic carbocycles. The van der Waals surface area contributed by atoms with Crippen molar-refractivity contribution in [1.82, 2.24) is 4.90 Å². The Hall–Kier alpha value is -3.39. The van der Waals surface area contributed by atoms with Crippen LogP contribution in [0, 0.1) is 25.5 Å². The molecule has 1 saturated heterocycles. The normalized spacial score (nSPS) is 19.1. The fourth-order valence-electron chi connectivity index (χ4n) is 4.53. The quantitative estimate of drug-likeness (QED) is 0.535. The van der Waals surface area contributed by atoms with Gasteiger partial charge in [0, 0.05) is 23.5 Å². The lowest BCUT2D eigenvalue weighted by molar-refractivity contribution is -0.123. The molecular weight excluding hydrogens is 456 g/mol. The van der Waals surface area contributed by atoms with Crippen LogP contribution in [-0.2, 0) is 16.2 Å². The van der Waals surface area contributed by atoms with Gasteiger partial charge in [0.05, 0.1) is 12.2 Å². The Kier molecular flexibility index (Phi) is 5.56. The number of fused-ring (bicyclic) bond motifs is 2. The molecule has 34 heavy (non-hydrogen) atoms. The molecule has 2 aliphatic rings. The minimum absolute atomic E-state index is 0.187. The highest BCUT2D eigenvalue weighted by atomic mass is 32.2. The van der Waals surface area contributed by atoms with E-state index < -0.39 is 16.7 Å². The lowest BCUT2D eigenvalue weighted by Crippen LogP contribution is -2.51. The van der Waals surface area contributed by atoms with Crippen molar-refractivity contribution in [3.63, 3.8) is 0 Å². The van der Waals surface area contributed by atoms with Gasteiger partial charge >= 0.3 is 6.03 Å². The number of carbonyl (C=O) groups excluding carboxylic acids is 2. The fraction of sp³-hybridized carbons (Fsp3) is 0.231. The number of thioether (sulfide) groups is 1. The van der Waals surface area contributed by atoms with E-state index in [1.54, 1.807) is 23.1 Å². The van der Waals surface area contributed by atoms with Crippen molar-refractivity contribution in [2.45, 2.75) is 25.3 Å². The fourth-order valence-corrected chi connectivity index (χ4v) is 5.98. The van der Waals surface area contributed by atoms with Crippen LogP contribution in [0.1, 0.15) is 22.3 Å². The molecule has 1 spiro atoms. The second-order valence-corrected chi connectivity index (χ2v) is 9.84. The van der Waals surface area contributed by atoms with E-state index in [0.29, 0.717) is 29.2 Å². The number of rotatable bonds is 3. The molecule has 2 heterocycles. The van der Waals surface area contributed by atoms with Crippen LogP contribution in [0.25, 0.3) is 0 Å². The van der Waals surface area contributed by atoms with Gasteiger partial charge in [0.25, 0.3) is 5.91 Å². The van der Waals surface area contributed by atoms with Crippen molar-refractivity contribution in [2.75, 3.05) is 22.5 Å². The molecule has 5 nitrogen and oxygen atoms in total. The first-order chi connectivity index (χ1) is 16.3. The molecule has 1 atom stereocenters. The van der Waals surface area contributed by atoms with E-state index in [1.165, 1.54) is 40.9 Å². The first-order valence-electron chi connectivity index (χ1n) is 11.0. The van der Waals surface area contributed by atoms with Gasteiger partial charge in [0.1, 0.15) is 11.6 Å². The number of benzene rings is 3. The van der Waals surface area contributed by atoms with Crippen LogP contribution >= 0.6 is 11.8 Å². The Morgan fingerprint density at radius 1 is 1.00 bits per heavy atom. The molecule has 1 N–H and O–H groups in total. The Balaban J connectivity index is 1.52. The van der Waals surface area contributed by atoms with Crippen molar-refractivity contribution in [3.05, 3.63) is 94.6 Å². The first kappa shape index (κ1) is 22.4. The molecule has 174 valence electrons. The molecule has 0 unspecified atom stereocenters. The number of hydrogen-bond donors (Lipinski definition) is 1. The number of halogens is 2. The number of anilines is 2. The predicted octanol–water partition coefficient (Wildman–Crippen LogP) is 5.56. The summed E-state index contributed by atoms with van der Waals surface area (Å²) in [6.07, 6.45) is 0. The lowest BCUT2D eigenvalue weighted by Gasteiger charge is -2.33. The van der Waals surface area contributed by atoms with Gasteiger partial charge < -0.3 is 10.2 Å². The van der Waals surface area contributed by atoms with Crippen LogP contribution in [0.2, 0.25) is 0 Å². The second kappa shape index (κ2) is 8.43. The molecule has 0 bridgehead atoms. The molecule has 0 saturated carbocycles. The number of aryl methyl sites for hydroxylation is 2. The monoisotopic (exact) mass is 479 g/mol. The van der Waals surface area contributed by atoms with Gasteiger partial charge in [-0.1, -0.05) is 18.2 Å². The van der Waals surface area contributed by atoms with Crippen LogP contribution in [0.15, 0.2) is 60.7 Å². The minimum atomic E-state index is -1.36. The number of amides is 3. The van der Waals surface area contributed by atoms with Gasteiger partial charge in [-0.15, -0.1) is 11.8 Å². The van der Waals surface area contributed by atoms with Gasteiger partial charge in [0.2, 0.25) is 0 Å². The standard InChI is InChI=1S/C26H23F2N3O2S/c1-16-3-9-21(13-17(16)2)29-25(33)31-11-12-34-26(31)22-14-20(28)8-10-23(22)30(24(26)32)15-18-4-6-19(27)7-5-18/h3-10,13-14H,11-12,15H2,1-2H3,(H,29,33)/t26-/m0/s1. The second-order valence-electron chi connectivity index (χ2n) is 8.55. The van der Waals surface area contributed by atoms with Crippen LogP contribution in [-0.4, -0.2) is 29.1 Å². The third-order valence-electron chi connectivity index (χ3n) is 6.41. The van der Waals surface area contributed by atoms with Crippen molar-refractivity contribution in [1.29, 1.82) is 0 Å². The Labute approximate surface area is 200 Å². The molecule has 1 fully saturated rings. The van der Waals surface area contributed by atoms with Crippen LogP contribution in [0.4, 0.5) is 25.0 Å². The number of nitrogens with zero attached hydrogens (tertiary/aromatic N) is 2. The zero-order valence-corrected chi connectivity index (χ0v) is 19.6. The molecule has 0 radical (unpaired) electrons. The van der Waals surface area contributed by atoms with E-state index in [0.717, 1.165) is 16.7 Å². The third kappa shape index (κ3) is 3.62. The number of urea groups is 1. The first-order valence-corrected chi connectivity index (χ1v) is 11.9. The molecule has 3 aromatic rings. The van der Waals surface area contributed by atoms with Crippen molar-refractivity contribution in [3.8, 4) is 0 Å². The largest absolute Gasteiger partial charge is 0.323 e. The number of nitrogens with one attached hydrogen (secondary N) is 1. The summed E-state index contributed by atoms with van der Waals surface area (Å²) in [7, 11) is 0. The summed E-state index contributed by atoms with van der Waals surface area (Å²) in [6.45, 7) is 4.48. The molecule has 8 heteroatoms. The van der Waals surface area contributed by atoms with Crippen molar-refractivity contribution < 1.29 is 18.4 Å². The zero-order valence-electron chi connectivity index (χ0n) is 18.8. The van der Waals surface area contributed by atoms with Crippen molar-refractivity contribution in [2.24, 2.45) is 0 Å². The molecule has 0 aliphatic carbocycles. The maximum atomic E-state index is 14.4. The Morgan fingerprint density at radius 3 is 2.47 bits per heavy atom. The Morgan fingerprint density at radius 2 is 1.74 bits per heavy atom. The number of carbonyl (C=O) groups is 2. The van der Waals surface area contributed by atoms with E-state index in [4.69, 9.17) is 0 Å². The average molecular weight is 480 g/mol. The summed E-state index contributed by atoms with van der Waals surface area (Å²) >= 11 is 1.33. The van der Waals surface area contributed by atoms with Crippen LogP contribution in [0.3, 0.4) is 0 Å². The Bertz CT molecular complexity index is 1300. The molecule has 0 aromatic heterocycles. The summed E-state index contributed by atoms with van der Waals surface area (Å²) in [6, 6.07) is 15.3. The third-order valence-corrected chi connectivity index (χ3v) is 7.83. The maximum Gasteiger partial charge on any atom is 0.323 e. The zero-order chi connectivity index (χ0) is 24.0. The average Bonchev–Trinajstić information content (AvgIpc) is 3.35. The van der Waals surface area contributed by atoms with Gasteiger partial charge in [-0.3, -0.25) is 9.69 Å².